The van der Waals surface area contributed by atoms with Gasteiger partial charge in [0.15, 0.2) is 5.65 Å². The standard InChI is InChI=1S/C28H27FN4O2/c29-21-13-11-19(12-14-21)24-25-30-16-6-17-33(25)26(31-24)27(34)32-18-15-28(35,20-7-2-1-3-8-20)22-9-4-5-10-23(22)32/h1-3,6-8,11-14,16-17,22-23,35H,4-5,9-10,15,18H2. The summed E-state index contributed by atoms with van der Waals surface area (Å²) in [4.78, 5) is 25.1. The van der Waals surface area contributed by atoms with E-state index < -0.39 is 5.60 Å². The fourth-order valence-electron chi connectivity index (χ4n) is 6.03. The van der Waals surface area contributed by atoms with Crippen molar-refractivity contribution in [3.63, 3.8) is 0 Å². The molecule has 0 radical (unpaired) electrons. The lowest BCUT2D eigenvalue weighted by Gasteiger charge is -2.52. The Bertz CT molecular complexity index is 1370. The molecular weight excluding hydrogens is 443 g/mol. The average Bonchev–Trinajstić information content (AvgIpc) is 3.29. The van der Waals surface area contributed by atoms with Gasteiger partial charge >= 0.3 is 0 Å². The minimum Gasteiger partial charge on any atom is -0.385 e. The molecule has 6 rings (SSSR count). The molecular formula is C28H27FN4O2. The second-order valence-electron chi connectivity index (χ2n) is 9.60. The Kier molecular flexibility index (Phi) is 5.37. The van der Waals surface area contributed by atoms with E-state index in [9.17, 15) is 14.3 Å². The van der Waals surface area contributed by atoms with Gasteiger partial charge in [-0.1, -0.05) is 43.2 Å². The van der Waals surface area contributed by atoms with Crippen LogP contribution in [0, 0.1) is 11.7 Å². The number of halogens is 1. The molecule has 0 bridgehead atoms. The molecule has 2 aromatic heterocycles. The Morgan fingerprint density at radius 1 is 1.03 bits per heavy atom. The minimum atomic E-state index is -0.946. The number of amides is 1. The van der Waals surface area contributed by atoms with E-state index in [1.54, 1.807) is 35.0 Å². The Morgan fingerprint density at radius 3 is 2.60 bits per heavy atom. The van der Waals surface area contributed by atoms with Gasteiger partial charge in [0.05, 0.1) is 5.60 Å². The Hall–Kier alpha value is -3.58. The van der Waals surface area contributed by atoms with E-state index in [1.165, 1.54) is 12.1 Å². The topological polar surface area (TPSA) is 70.7 Å². The number of hydrogen-bond donors (Lipinski definition) is 1. The van der Waals surface area contributed by atoms with Crippen LogP contribution in [0.2, 0.25) is 0 Å². The number of aromatic nitrogens is 3. The lowest BCUT2D eigenvalue weighted by atomic mass is 9.66. The highest BCUT2D eigenvalue weighted by Crippen LogP contribution is 2.47. The molecule has 178 valence electrons. The van der Waals surface area contributed by atoms with Crippen molar-refractivity contribution >= 4 is 11.6 Å². The van der Waals surface area contributed by atoms with Crippen LogP contribution in [0.5, 0.6) is 0 Å². The van der Waals surface area contributed by atoms with Crippen LogP contribution in [-0.4, -0.2) is 42.9 Å². The maximum Gasteiger partial charge on any atom is 0.290 e. The molecule has 2 aromatic carbocycles. The predicted molar refractivity (Wildman–Crippen MR) is 130 cm³/mol. The predicted octanol–water partition coefficient (Wildman–Crippen LogP) is 4.83. The second-order valence-corrected chi connectivity index (χ2v) is 9.60. The number of benzene rings is 2. The number of fused-ring (bicyclic) bond motifs is 2. The van der Waals surface area contributed by atoms with Crippen molar-refractivity contribution in [2.75, 3.05) is 6.54 Å². The van der Waals surface area contributed by atoms with E-state index in [-0.39, 0.29) is 23.7 Å². The van der Waals surface area contributed by atoms with Crippen LogP contribution in [0.3, 0.4) is 0 Å². The highest BCUT2D eigenvalue weighted by atomic mass is 19.1. The van der Waals surface area contributed by atoms with E-state index in [0.717, 1.165) is 31.2 Å². The zero-order chi connectivity index (χ0) is 24.0. The van der Waals surface area contributed by atoms with E-state index in [2.05, 4.69) is 4.98 Å². The van der Waals surface area contributed by atoms with Crippen molar-refractivity contribution < 1.29 is 14.3 Å². The smallest absolute Gasteiger partial charge is 0.290 e. The molecule has 2 aliphatic rings. The highest BCUT2D eigenvalue weighted by molar-refractivity contribution is 5.94. The molecule has 1 N–H and O–H groups in total. The van der Waals surface area contributed by atoms with Crippen LogP contribution in [0.25, 0.3) is 16.9 Å². The summed E-state index contributed by atoms with van der Waals surface area (Å²) < 4.78 is 15.2. The van der Waals surface area contributed by atoms with Gasteiger partial charge in [0, 0.05) is 36.5 Å². The van der Waals surface area contributed by atoms with E-state index in [1.807, 2.05) is 35.2 Å². The molecule has 3 unspecified atom stereocenters. The molecule has 6 nitrogen and oxygen atoms in total. The van der Waals surface area contributed by atoms with Gasteiger partial charge in [-0.25, -0.2) is 14.4 Å². The number of nitrogens with zero attached hydrogens (tertiary/aromatic N) is 4. The fourth-order valence-corrected chi connectivity index (χ4v) is 6.03. The number of hydrogen-bond acceptors (Lipinski definition) is 4. The van der Waals surface area contributed by atoms with Crippen LogP contribution in [0.1, 0.15) is 48.3 Å². The zero-order valence-electron chi connectivity index (χ0n) is 19.3. The summed E-state index contributed by atoms with van der Waals surface area (Å²) in [6, 6.07) is 17.6. The van der Waals surface area contributed by atoms with E-state index in [4.69, 9.17) is 4.98 Å². The molecule has 4 aromatic rings. The number of carbonyl (C=O) groups is 1. The van der Waals surface area contributed by atoms with Crippen molar-refractivity contribution in [1.29, 1.82) is 0 Å². The fraction of sp³-hybridized carbons (Fsp3) is 0.321. The molecule has 1 amide bonds. The lowest BCUT2D eigenvalue weighted by Crippen LogP contribution is -2.59. The van der Waals surface area contributed by atoms with Gasteiger partial charge in [0.1, 0.15) is 11.5 Å². The summed E-state index contributed by atoms with van der Waals surface area (Å²) in [6.45, 7) is 0.451. The summed E-state index contributed by atoms with van der Waals surface area (Å²) >= 11 is 0. The van der Waals surface area contributed by atoms with Gasteiger partial charge in [-0.2, -0.15) is 0 Å². The number of rotatable bonds is 3. The molecule has 35 heavy (non-hydrogen) atoms. The van der Waals surface area contributed by atoms with Crippen molar-refractivity contribution in [2.24, 2.45) is 5.92 Å². The first-order valence-corrected chi connectivity index (χ1v) is 12.2. The Labute approximate surface area is 203 Å². The SMILES string of the molecule is O=C(c1nc(-c2ccc(F)cc2)c2ncccn12)N1CCC(O)(c2ccccc2)C2CCCCC21. The molecule has 1 aliphatic carbocycles. The molecule has 1 saturated carbocycles. The summed E-state index contributed by atoms with van der Waals surface area (Å²) in [5, 5.41) is 11.9. The van der Waals surface area contributed by atoms with Crippen molar-refractivity contribution in [3.05, 3.63) is 90.3 Å². The third kappa shape index (κ3) is 3.62. The van der Waals surface area contributed by atoms with Crippen LogP contribution < -0.4 is 0 Å². The summed E-state index contributed by atoms with van der Waals surface area (Å²) in [6.07, 6.45) is 7.75. The van der Waals surface area contributed by atoms with Crippen molar-refractivity contribution in [2.45, 2.75) is 43.7 Å². The van der Waals surface area contributed by atoms with Gasteiger partial charge in [0.2, 0.25) is 5.82 Å². The van der Waals surface area contributed by atoms with Gasteiger partial charge in [-0.05, 0) is 55.2 Å². The Balaban J connectivity index is 1.39. The van der Waals surface area contributed by atoms with Crippen LogP contribution in [-0.2, 0) is 5.60 Å². The van der Waals surface area contributed by atoms with Gasteiger partial charge in [0.25, 0.3) is 5.91 Å². The minimum absolute atomic E-state index is 0.0303. The number of aliphatic hydroxyl groups is 1. The maximum atomic E-state index is 14.0. The summed E-state index contributed by atoms with van der Waals surface area (Å²) in [5.74, 6) is -0.225. The Morgan fingerprint density at radius 2 is 1.80 bits per heavy atom. The molecule has 0 spiro atoms. The second kappa shape index (κ2) is 8.57. The third-order valence-electron chi connectivity index (χ3n) is 7.72. The summed E-state index contributed by atoms with van der Waals surface area (Å²) in [5.41, 5.74) is 1.79. The van der Waals surface area contributed by atoms with Crippen LogP contribution in [0.15, 0.2) is 73.1 Å². The molecule has 7 heteroatoms. The molecule has 3 heterocycles. The van der Waals surface area contributed by atoms with E-state index >= 15 is 0 Å². The quantitative estimate of drug-likeness (QED) is 0.466. The highest BCUT2D eigenvalue weighted by Gasteiger charge is 2.50. The monoisotopic (exact) mass is 470 g/mol. The molecule has 1 aliphatic heterocycles. The van der Waals surface area contributed by atoms with Crippen LogP contribution >= 0.6 is 0 Å². The van der Waals surface area contributed by atoms with E-state index in [0.29, 0.717) is 35.7 Å². The number of piperidine rings is 1. The molecule has 1 saturated heterocycles. The van der Waals surface area contributed by atoms with Gasteiger partial charge in [-0.3, -0.25) is 9.20 Å². The zero-order valence-corrected chi connectivity index (χ0v) is 19.3. The average molecular weight is 471 g/mol. The number of imidazole rings is 1. The van der Waals surface area contributed by atoms with Crippen LogP contribution in [0.4, 0.5) is 4.39 Å². The third-order valence-corrected chi connectivity index (χ3v) is 7.72. The first-order chi connectivity index (χ1) is 17.1. The normalized spacial score (nSPS) is 24.3. The van der Waals surface area contributed by atoms with Crippen molar-refractivity contribution in [1.82, 2.24) is 19.3 Å². The largest absolute Gasteiger partial charge is 0.385 e. The number of likely N-dealkylation sites (tertiary alicyclic amines) is 1. The first-order valence-electron chi connectivity index (χ1n) is 12.2. The summed E-state index contributed by atoms with van der Waals surface area (Å²) in [7, 11) is 0. The lowest BCUT2D eigenvalue weighted by molar-refractivity contribution is -0.110. The van der Waals surface area contributed by atoms with Gasteiger partial charge < -0.3 is 10.0 Å². The maximum absolute atomic E-state index is 14.0. The van der Waals surface area contributed by atoms with Gasteiger partial charge in [-0.15, -0.1) is 0 Å². The molecule has 3 atom stereocenters. The van der Waals surface area contributed by atoms with Crippen molar-refractivity contribution in [3.8, 4) is 11.3 Å². The first kappa shape index (κ1) is 21.9. The molecule has 2 fully saturated rings. The number of carbonyl (C=O) groups excluding carboxylic acids is 1.